The van der Waals surface area contributed by atoms with Gasteiger partial charge >= 0.3 is 5.97 Å². The van der Waals surface area contributed by atoms with Crippen molar-refractivity contribution in [1.82, 2.24) is 25.2 Å². The number of ether oxygens (including phenoxy) is 2. The molecule has 0 radical (unpaired) electrons. The Morgan fingerprint density at radius 1 is 1.18 bits per heavy atom. The summed E-state index contributed by atoms with van der Waals surface area (Å²) in [4.78, 5) is 31.9. The summed E-state index contributed by atoms with van der Waals surface area (Å²) >= 11 is 7.38. The van der Waals surface area contributed by atoms with Gasteiger partial charge in [-0.1, -0.05) is 52.4 Å². The highest BCUT2D eigenvalue weighted by Crippen LogP contribution is 2.31. The Kier molecular flexibility index (Phi) is 7.21. The molecule has 194 valence electrons. The molecule has 1 unspecified atom stereocenters. The van der Waals surface area contributed by atoms with Gasteiger partial charge in [0.25, 0.3) is 5.56 Å². The summed E-state index contributed by atoms with van der Waals surface area (Å²) in [5.41, 5.74) is 2.11. The fraction of sp³-hybridized carbons (Fsp3) is 0.231. The second kappa shape index (κ2) is 10.7. The lowest BCUT2D eigenvalue weighted by atomic mass is 9.96. The van der Waals surface area contributed by atoms with Gasteiger partial charge in [0.15, 0.2) is 11.4 Å². The van der Waals surface area contributed by atoms with Gasteiger partial charge in [0.1, 0.15) is 5.75 Å². The topological polar surface area (TPSA) is 124 Å². The smallest absolute Gasteiger partial charge is 0.338 e. The van der Waals surface area contributed by atoms with E-state index in [-0.39, 0.29) is 18.3 Å². The fourth-order valence-electron chi connectivity index (χ4n) is 4.02. The molecule has 10 nitrogen and oxygen atoms in total. The van der Waals surface area contributed by atoms with Gasteiger partial charge in [0.2, 0.25) is 5.82 Å². The van der Waals surface area contributed by atoms with Crippen LogP contribution in [-0.2, 0) is 16.1 Å². The molecule has 0 saturated heterocycles. The maximum Gasteiger partial charge on any atom is 0.338 e. The summed E-state index contributed by atoms with van der Waals surface area (Å²) < 4.78 is 13.2. The molecule has 0 aliphatic carbocycles. The van der Waals surface area contributed by atoms with E-state index in [4.69, 9.17) is 21.1 Å². The normalized spacial score (nSPS) is 15.4. The molecule has 4 aromatic rings. The van der Waals surface area contributed by atoms with Gasteiger partial charge in [-0.15, -0.1) is 10.2 Å². The van der Waals surface area contributed by atoms with Crippen LogP contribution in [0.2, 0.25) is 5.02 Å². The van der Waals surface area contributed by atoms with Crippen molar-refractivity contribution in [2.45, 2.75) is 39.5 Å². The fourth-order valence-corrected chi connectivity index (χ4v) is 5.20. The molecule has 2 aromatic carbocycles. The van der Waals surface area contributed by atoms with Crippen LogP contribution in [-0.4, -0.2) is 37.3 Å². The van der Waals surface area contributed by atoms with E-state index in [1.807, 2.05) is 12.1 Å². The maximum absolute atomic E-state index is 13.7. The predicted molar refractivity (Wildman–Crippen MR) is 141 cm³/mol. The monoisotopic (exact) mass is 550 g/mol. The van der Waals surface area contributed by atoms with Crippen molar-refractivity contribution in [2.24, 2.45) is 4.99 Å². The standard InChI is InChI=1S/C26H23ClN6O4S/c1-14(2)37-25(35)22-15(3)28-26-33(23(22)17-6-8-18(27)9-7-17)24(34)20(38-26)12-16-4-10-19(11-5-16)36-13-21-29-31-32-30-21/h4-12,14,23H,13H2,1-3H3,(H,29,30,31,32)/b20-12-. The average molecular weight is 551 g/mol. The number of carbonyl (C=O) groups is 1. The van der Waals surface area contributed by atoms with Crippen LogP contribution in [0.1, 0.15) is 43.8 Å². The number of rotatable bonds is 7. The Morgan fingerprint density at radius 2 is 1.92 bits per heavy atom. The molecule has 3 heterocycles. The Labute approximate surface area is 225 Å². The molecule has 0 saturated carbocycles. The number of aromatic amines is 1. The SMILES string of the molecule is CC1=C(C(=O)OC(C)C)C(c2ccc(Cl)cc2)n2c(s/c(=C\c3ccc(OCc4nn[nH]n4)cc3)c2=O)=N1. The van der Waals surface area contributed by atoms with E-state index >= 15 is 0 Å². The van der Waals surface area contributed by atoms with Crippen molar-refractivity contribution in [3.05, 3.63) is 101 Å². The van der Waals surface area contributed by atoms with Crippen LogP contribution in [0.25, 0.3) is 6.08 Å². The van der Waals surface area contributed by atoms with Gasteiger partial charge in [-0.05, 0) is 62.2 Å². The molecule has 0 spiro atoms. The molecular formula is C26H23ClN6O4S. The summed E-state index contributed by atoms with van der Waals surface area (Å²) in [6.07, 6.45) is 1.47. The summed E-state index contributed by atoms with van der Waals surface area (Å²) in [7, 11) is 0. The maximum atomic E-state index is 13.7. The molecule has 0 fully saturated rings. The Balaban J connectivity index is 1.53. The zero-order valence-electron chi connectivity index (χ0n) is 20.7. The zero-order chi connectivity index (χ0) is 26.8. The molecule has 5 rings (SSSR count). The largest absolute Gasteiger partial charge is 0.485 e. The van der Waals surface area contributed by atoms with Crippen molar-refractivity contribution in [2.75, 3.05) is 0 Å². The number of tetrazole rings is 1. The number of nitrogens with zero attached hydrogens (tertiary/aromatic N) is 5. The number of fused-ring (bicyclic) bond motifs is 1. The van der Waals surface area contributed by atoms with Gasteiger partial charge in [-0.25, -0.2) is 9.79 Å². The number of benzene rings is 2. The molecule has 38 heavy (non-hydrogen) atoms. The van der Waals surface area contributed by atoms with E-state index < -0.39 is 12.0 Å². The summed E-state index contributed by atoms with van der Waals surface area (Å²) in [5.74, 6) is 0.560. The van der Waals surface area contributed by atoms with Crippen LogP contribution in [0.4, 0.5) is 0 Å². The summed E-state index contributed by atoms with van der Waals surface area (Å²) in [5, 5.41) is 14.1. The van der Waals surface area contributed by atoms with Crippen molar-refractivity contribution >= 4 is 35.0 Å². The Hall–Kier alpha value is -4.09. The highest BCUT2D eigenvalue weighted by molar-refractivity contribution is 7.07. The van der Waals surface area contributed by atoms with Gasteiger partial charge in [-0.2, -0.15) is 5.21 Å². The molecule has 0 amide bonds. The second-order valence-electron chi connectivity index (χ2n) is 8.77. The number of hydrogen-bond acceptors (Lipinski definition) is 9. The molecule has 1 aliphatic heterocycles. The highest BCUT2D eigenvalue weighted by atomic mass is 35.5. The van der Waals surface area contributed by atoms with Crippen molar-refractivity contribution in [3.63, 3.8) is 0 Å². The van der Waals surface area contributed by atoms with Gasteiger partial charge in [0.05, 0.1) is 27.9 Å². The highest BCUT2D eigenvalue weighted by Gasteiger charge is 2.33. The first kappa shape index (κ1) is 25.6. The van der Waals surface area contributed by atoms with Crippen LogP contribution in [0, 0.1) is 0 Å². The number of esters is 1. The van der Waals surface area contributed by atoms with Crippen molar-refractivity contribution in [3.8, 4) is 5.75 Å². The third kappa shape index (κ3) is 5.29. The zero-order valence-corrected chi connectivity index (χ0v) is 22.3. The van der Waals surface area contributed by atoms with Gasteiger partial charge in [-0.3, -0.25) is 9.36 Å². The number of aromatic nitrogens is 5. The van der Waals surface area contributed by atoms with Gasteiger partial charge in [0, 0.05) is 5.02 Å². The van der Waals surface area contributed by atoms with E-state index in [1.165, 1.54) is 11.3 Å². The van der Waals surface area contributed by atoms with Crippen LogP contribution < -0.4 is 19.6 Å². The molecule has 1 aliphatic rings. The molecular weight excluding hydrogens is 528 g/mol. The van der Waals surface area contributed by atoms with Crippen molar-refractivity contribution < 1.29 is 14.3 Å². The van der Waals surface area contributed by atoms with Crippen LogP contribution in [0.15, 0.2) is 69.6 Å². The number of allylic oxidation sites excluding steroid dienone is 1. The van der Waals surface area contributed by atoms with E-state index in [0.29, 0.717) is 37.2 Å². The van der Waals surface area contributed by atoms with Gasteiger partial charge < -0.3 is 9.47 Å². The minimum Gasteiger partial charge on any atom is -0.485 e. The lowest BCUT2D eigenvalue weighted by Gasteiger charge is -2.25. The quantitative estimate of drug-likeness (QED) is 0.351. The number of thiazole rings is 1. The number of hydrogen-bond donors (Lipinski definition) is 1. The second-order valence-corrected chi connectivity index (χ2v) is 10.2. The third-order valence-electron chi connectivity index (χ3n) is 5.71. The lowest BCUT2D eigenvalue weighted by molar-refractivity contribution is -0.143. The number of nitrogens with one attached hydrogen (secondary N) is 1. The van der Waals surface area contributed by atoms with Crippen LogP contribution in [0.3, 0.4) is 0 Å². The predicted octanol–water partition coefficient (Wildman–Crippen LogP) is 2.93. The lowest BCUT2D eigenvalue weighted by Crippen LogP contribution is -2.40. The minimum absolute atomic E-state index is 0.181. The number of H-pyrrole nitrogens is 1. The summed E-state index contributed by atoms with van der Waals surface area (Å²) in [6, 6.07) is 13.7. The van der Waals surface area contributed by atoms with E-state index in [2.05, 4.69) is 25.6 Å². The number of carbonyl (C=O) groups excluding carboxylic acids is 1. The molecule has 12 heteroatoms. The summed E-state index contributed by atoms with van der Waals surface area (Å²) in [6.45, 7) is 5.49. The molecule has 2 aromatic heterocycles. The Morgan fingerprint density at radius 3 is 2.58 bits per heavy atom. The van der Waals surface area contributed by atoms with E-state index in [9.17, 15) is 9.59 Å². The number of halogens is 1. The first-order valence-corrected chi connectivity index (χ1v) is 12.9. The molecule has 1 atom stereocenters. The first-order valence-electron chi connectivity index (χ1n) is 11.7. The third-order valence-corrected chi connectivity index (χ3v) is 6.94. The first-order chi connectivity index (χ1) is 18.3. The molecule has 1 N–H and O–H groups in total. The van der Waals surface area contributed by atoms with Crippen LogP contribution >= 0.6 is 22.9 Å². The minimum atomic E-state index is -0.696. The van der Waals surface area contributed by atoms with Crippen molar-refractivity contribution in [1.29, 1.82) is 0 Å². The van der Waals surface area contributed by atoms with E-state index in [1.54, 1.807) is 67.8 Å². The Bertz CT molecular complexity index is 1670. The molecule has 0 bridgehead atoms. The van der Waals surface area contributed by atoms with E-state index in [0.717, 1.165) is 11.1 Å². The average Bonchev–Trinajstić information content (AvgIpc) is 3.51. The van der Waals surface area contributed by atoms with Crippen LogP contribution in [0.5, 0.6) is 5.75 Å².